The van der Waals surface area contributed by atoms with Gasteiger partial charge in [-0.1, -0.05) is 13.8 Å². The molecule has 1 aromatic heterocycles. The van der Waals surface area contributed by atoms with Gasteiger partial charge in [0.15, 0.2) is 0 Å². The topological polar surface area (TPSA) is 29.9 Å². The van der Waals surface area contributed by atoms with Crippen molar-refractivity contribution >= 4 is 0 Å². The first-order valence-corrected chi connectivity index (χ1v) is 6.65. The number of rotatable bonds is 5. The lowest BCUT2D eigenvalue weighted by molar-refractivity contribution is 0.561. The average molecular weight is 279 g/mol. The quantitative estimate of drug-likeness (QED) is 0.911. The molecule has 2 rings (SSSR count). The lowest BCUT2D eigenvalue weighted by Gasteiger charge is -2.06. The summed E-state index contributed by atoms with van der Waals surface area (Å²) in [5, 5.41) is 7.52. The zero-order chi connectivity index (χ0) is 14.7. The minimum absolute atomic E-state index is 0.284. The molecule has 20 heavy (non-hydrogen) atoms. The molecule has 5 heteroatoms. The summed E-state index contributed by atoms with van der Waals surface area (Å²) < 4.78 is 28.3. The monoisotopic (exact) mass is 279 g/mol. The third kappa shape index (κ3) is 3.42. The van der Waals surface area contributed by atoms with Gasteiger partial charge >= 0.3 is 0 Å². The molecule has 0 aliphatic rings. The standard InChI is InChI=1S/C15H19F2N3/c1-10(2)15-7-13(20(3)19-15)9-18-8-11-6-12(16)4-5-14(11)17/h4-7,10,18H,8-9H2,1-3H3. The Balaban J connectivity index is 1.97. The predicted molar refractivity (Wildman–Crippen MR) is 74.2 cm³/mol. The maximum Gasteiger partial charge on any atom is 0.127 e. The highest BCUT2D eigenvalue weighted by Gasteiger charge is 2.08. The first kappa shape index (κ1) is 14.7. The molecule has 0 atom stereocenters. The van der Waals surface area contributed by atoms with E-state index in [4.69, 9.17) is 0 Å². The molecule has 0 saturated heterocycles. The van der Waals surface area contributed by atoms with Crippen molar-refractivity contribution in [3.8, 4) is 0 Å². The van der Waals surface area contributed by atoms with Crippen LogP contribution in [-0.4, -0.2) is 9.78 Å². The summed E-state index contributed by atoms with van der Waals surface area (Å²) in [7, 11) is 1.88. The molecule has 0 unspecified atom stereocenters. The number of hydrogen-bond donors (Lipinski definition) is 1. The van der Waals surface area contributed by atoms with E-state index in [-0.39, 0.29) is 6.54 Å². The van der Waals surface area contributed by atoms with Crippen molar-refractivity contribution in [2.45, 2.75) is 32.9 Å². The molecular formula is C15H19F2N3. The second-order valence-corrected chi connectivity index (χ2v) is 5.18. The van der Waals surface area contributed by atoms with E-state index >= 15 is 0 Å². The van der Waals surface area contributed by atoms with Gasteiger partial charge in [-0.3, -0.25) is 4.68 Å². The van der Waals surface area contributed by atoms with Gasteiger partial charge in [0.25, 0.3) is 0 Å². The molecule has 108 valence electrons. The van der Waals surface area contributed by atoms with Crippen molar-refractivity contribution in [3.63, 3.8) is 0 Å². The summed E-state index contributed by atoms with van der Waals surface area (Å²) in [5.74, 6) is -0.451. The normalized spacial score (nSPS) is 11.3. The first-order chi connectivity index (χ1) is 9.47. The Morgan fingerprint density at radius 1 is 1.20 bits per heavy atom. The van der Waals surface area contributed by atoms with Crippen LogP contribution in [0.4, 0.5) is 8.78 Å². The molecule has 0 amide bonds. The number of hydrogen-bond acceptors (Lipinski definition) is 2. The molecule has 0 aliphatic heterocycles. The van der Waals surface area contributed by atoms with Crippen LogP contribution in [0.1, 0.15) is 36.7 Å². The third-order valence-corrected chi connectivity index (χ3v) is 3.22. The van der Waals surface area contributed by atoms with Crippen LogP contribution in [0.3, 0.4) is 0 Å². The van der Waals surface area contributed by atoms with Crippen LogP contribution in [0, 0.1) is 11.6 Å². The van der Waals surface area contributed by atoms with Gasteiger partial charge in [0.1, 0.15) is 11.6 Å². The van der Waals surface area contributed by atoms with Gasteiger partial charge in [0.2, 0.25) is 0 Å². The van der Waals surface area contributed by atoms with Crippen molar-refractivity contribution in [3.05, 3.63) is 52.9 Å². The van der Waals surface area contributed by atoms with E-state index in [0.717, 1.165) is 23.5 Å². The van der Waals surface area contributed by atoms with Crippen molar-refractivity contribution in [1.29, 1.82) is 0 Å². The smallest absolute Gasteiger partial charge is 0.127 e. The second kappa shape index (κ2) is 6.13. The van der Waals surface area contributed by atoms with Gasteiger partial charge < -0.3 is 5.32 Å². The SMILES string of the molecule is CC(C)c1cc(CNCc2cc(F)ccc2F)n(C)n1. The van der Waals surface area contributed by atoms with E-state index in [9.17, 15) is 8.78 Å². The minimum atomic E-state index is -0.425. The highest BCUT2D eigenvalue weighted by molar-refractivity contribution is 5.19. The molecule has 0 bridgehead atoms. The van der Waals surface area contributed by atoms with Gasteiger partial charge in [0.05, 0.1) is 11.4 Å². The van der Waals surface area contributed by atoms with E-state index in [1.165, 1.54) is 6.07 Å². The fourth-order valence-corrected chi connectivity index (χ4v) is 1.98. The number of benzene rings is 1. The zero-order valence-electron chi connectivity index (χ0n) is 12.0. The largest absolute Gasteiger partial charge is 0.307 e. The summed E-state index contributed by atoms with van der Waals surface area (Å²) in [6.07, 6.45) is 0. The summed E-state index contributed by atoms with van der Waals surface area (Å²) >= 11 is 0. The van der Waals surface area contributed by atoms with Crippen molar-refractivity contribution in [1.82, 2.24) is 15.1 Å². The van der Waals surface area contributed by atoms with E-state index in [1.54, 1.807) is 0 Å². The van der Waals surface area contributed by atoms with Crippen molar-refractivity contribution in [2.24, 2.45) is 7.05 Å². The highest BCUT2D eigenvalue weighted by Crippen LogP contribution is 2.14. The van der Waals surface area contributed by atoms with Crippen molar-refractivity contribution < 1.29 is 8.78 Å². The fourth-order valence-electron chi connectivity index (χ4n) is 1.98. The lowest BCUT2D eigenvalue weighted by Crippen LogP contribution is -2.16. The molecule has 1 aromatic carbocycles. The molecule has 1 N–H and O–H groups in total. The van der Waals surface area contributed by atoms with Crippen molar-refractivity contribution in [2.75, 3.05) is 0 Å². The Kier molecular flexibility index (Phi) is 4.49. The number of nitrogens with zero attached hydrogens (tertiary/aromatic N) is 2. The van der Waals surface area contributed by atoms with Crippen LogP contribution in [-0.2, 0) is 20.1 Å². The average Bonchev–Trinajstić information content (AvgIpc) is 2.76. The summed E-state index contributed by atoms with van der Waals surface area (Å²) in [6.45, 7) is 5.02. The van der Waals surface area contributed by atoms with Crippen LogP contribution >= 0.6 is 0 Å². The van der Waals surface area contributed by atoms with E-state index in [0.29, 0.717) is 18.0 Å². The number of aryl methyl sites for hydroxylation is 1. The summed E-state index contributed by atoms with van der Waals surface area (Å²) in [6, 6.07) is 5.51. The molecule has 0 saturated carbocycles. The fraction of sp³-hybridized carbons (Fsp3) is 0.400. The molecule has 0 spiro atoms. The molecular weight excluding hydrogens is 260 g/mol. The van der Waals surface area contributed by atoms with Gasteiger partial charge in [-0.2, -0.15) is 5.10 Å². The first-order valence-electron chi connectivity index (χ1n) is 6.65. The zero-order valence-corrected chi connectivity index (χ0v) is 12.0. The maximum absolute atomic E-state index is 13.5. The van der Waals surface area contributed by atoms with Crippen LogP contribution in [0.15, 0.2) is 24.3 Å². The number of aromatic nitrogens is 2. The Bertz CT molecular complexity index is 591. The molecule has 2 aromatic rings. The Hall–Kier alpha value is -1.75. The Morgan fingerprint density at radius 2 is 1.95 bits per heavy atom. The number of halogens is 2. The number of nitrogens with one attached hydrogen (secondary N) is 1. The Labute approximate surface area is 117 Å². The second-order valence-electron chi connectivity index (χ2n) is 5.18. The summed E-state index contributed by atoms with van der Waals surface area (Å²) in [5.41, 5.74) is 2.38. The molecule has 0 aliphatic carbocycles. The molecule has 0 fully saturated rings. The molecule has 0 radical (unpaired) electrons. The van der Waals surface area contributed by atoms with Gasteiger partial charge in [0, 0.05) is 25.7 Å². The molecule has 3 nitrogen and oxygen atoms in total. The van der Waals surface area contributed by atoms with E-state index < -0.39 is 11.6 Å². The summed E-state index contributed by atoms with van der Waals surface area (Å²) in [4.78, 5) is 0. The van der Waals surface area contributed by atoms with Crippen LogP contribution < -0.4 is 5.32 Å². The third-order valence-electron chi connectivity index (χ3n) is 3.22. The van der Waals surface area contributed by atoms with Crippen LogP contribution in [0.25, 0.3) is 0 Å². The highest BCUT2D eigenvalue weighted by atomic mass is 19.1. The lowest BCUT2D eigenvalue weighted by atomic mass is 10.1. The van der Waals surface area contributed by atoms with E-state index in [2.05, 4.69) is 24.3 Å². The Morgan fingerprint density at radius 3 is 2.60 bits per heavy atom. The van der Waals surface area contributed by atoms with Gasteiger partial charge in [-0.25, -0.2) is 8.78 Å². The van der Waals surface area contributed by atoms with E-state index in [1.807, 2.05) is 17.8 Å². The van der Waals surface area contributed by atoms with Crippen LogP contribution in [0.5, 0.6) is 0 Å². The van der Waals surface area contributed by atoms with Gasteiger partial charge in [-0.05, 0) is 30.2 Å². The minimum Gasteiger partial charge on any atom is -0.307 e. The van der Waals surface area contributed by atoms with Gasteiger partial charge in [-0.15, -0.1) is 0 Å². The maximum atomic E-state index is 13.5. The predicted octanol–water partition coefficient (Wildman–Crippen LogP) is 3.11. The van der Waals surface area contributed by atoms with Crippen LogP contribution in [0.2, 0.25) is 0 Å². The molecule has 1 heterocycles.